The molecule has 0 bridgehead atoms. The first kappa shape index (κ1) is 14.6. The molecule has 0 heterocycles. The van der Waals surface area contributed by atoms with Crippen LogP contribution in [0.25, 0.3) is 0 Å². The number of carbonyl (C=O) groups is 1. The molecule has 2 rings (SSSR count). The van der Waals surface area contributed by atoms with Gasteiger partial charge in [0.05, 0.1) is 23.5 Å². The molecule has 0 fully saturated rings. The second-order valence-electron chi connectivity index (χ2n) is 4.12. The van der Waals surface area contributed by atoms with E-state index in [-0.39, 0.29) is 5.91 Å². The van der Waals surface area contributed by atoms with Crippen LogP contribution in [0.4, 0.5) is 11.4 Å². The van der Waals surface area contributed by atoms with Gasteiger partial charge in [0.1, 0.15) is 5.75 Å². The molecule has 0 saturated heterocycles. The van der Waals surface area contributed by atoms with Crippen molar-refractivity contribution in [2.24, 2.45) is 0 Å². The van der Waals surface area contributed by atoms with E-state index < -0.39 is 0 Å². The SMILES string of the molecule is CCOc1ccc(NC(=O)c2ccccc2I)c(N)c1. The molecule has 0 aliphatic carbocycles. The van der Waals surface area contributed by atoms with Gasteiger partial charge in [0.25, 0.3) is 5.91 Å². The number of hydrogen-bond acceptors (Lipinski definition) is 3. The van der Waals surface area contributed by atoms with Crippen LogP contribution >= 0.6 is 22.6 Å². The summed E-state index contributed by atoms with van der Waals surface area (Å²) in [6.07, 6.45) is 0. The van der Waals surface area contributed by atoms with Gasteiger partial charge in [-0.3, -0.25) is 4.79 Å². The molecule has 104 valence electrons. The van der Waals surface area contributed by atoms with E-state index in [1.165, 1.54) is 0 Å². The summed E-state index contributed by atoms with van der Waals surface area (Å²) in [5.41, 5.74) is 7.61. The lowest BCUT2D eigenvalue weighted by molar-refractivity contribution is 0.102. The van der Waals surface area contributed by atoms with Gasteiger partial charge in [-0.05, 0) is 53.8 Å². The maximum absolute atomic E-state index is 12.2. The number of nitrogen functional groups attached to an aromatic ring is 1. The van der Waals surface area contributed by atoms with Crippen LogP contribution in [0.5, 0.6) is 5.75 Å². The van der Waals surface area contributed by atoms with Crippen molar-refractivity contribution in [3.05, 3.63) is 51.6 Å². The van der Waals surface area contributed by atoms with E-state index in [1.54, 1.807) is 24.3 Å². The van der Waals surface area contributed by atoms with Gasteiger partial charge < -0.3 is 15.8 Å². The Hall–Kier alpha value is -1.76. The van der Waals surface area contributed by atoms with E-state index in [0.29, 0.717) is 29.3 Å². The lowest BCUT2D eigenvalue weighted by Crippen LogP contribution is -2.14. The largest absolute Gasteiger partial charge is 0.494 e. The lowest BCUT2D eigenvalue weighted by atomic mass is 10.2. The van der Waals surface area contributed by atoms with Gasteiger partial charge in [-0.2, -0.15) is 0 Å². The number of carbonyl (C=O) groups excluding carboxylic acids is 1. The highest BCUT2D eigenvalue weighted by atomic mass is 127. The Morgan fingerprint density at radius 3 is 2.70 bits per heavy atom. The molecule has 4 nitrogen and oxygen atoms in total. The summed E-state index contributed by atoms with van der Waals surface area (Å²) in [7, 11) is 0. The zero-order chi connectivity index (χ0) is 14.5. The normalized spacial score (nSPS) is 10.1. The van der Waals surface area contributed by atoms with E-state index in [4.69, 9.17) is 10.5 Å². The summed E-state index contributed by atoms with van der Waals surface area (Å²) in [5.74, 6) is 0.517. The molecule has 2 aromatic rings. The predicted octanol–water partition coefficient (Wildman–Crippen LogP) is 3.52. The molecule has 0 unspecified atom stereocenters. The van der Waals surface area contributed by atoms with E-state index in [1.807, 2.05) is 25.1 Å². The maximum Gasteiger partial charge on any atom is 0.256 e. The average molecular weight is 382 g/mol. The number of nitrogens with one attached hydrogen (secondary N) is 1. The molecule has 0 radical (unpaired) electrons. The van der Waals surface area contributed by atoms with Crippen LogP contribution in [0.15, 0.2) is 42.5 Å². The molecule has 0 saturated carbocycles. The Morgan fingerprint density at radius 2 is 2.05 bits per heavy atom. The number of nitrogens with two attached hydrogens (primary N) is 1. The molecule has 2 aromatic carbocycles. The van der Waals surface area contributed by atoms with Gasteiger partial charge in [0, 0.05) is 9.64 Å². The highest BCUT2D eigenvalue weighted by Gasteiger charge is 2.11. The quantitative estimate of drug-likeness (QED) is 0.628. The van der Waals surface area contributed by atoms with Crippen LogP contribution in [0.1, 0.15) is 17.3 Å². The molecule has 0 aliphatic heterocycles. The molecule has 0 spiro atoms. The van der Waals surface area contributed by atoms with E-state index in [2.05, 4.69) is 27.9 Å². The second kappa shape index (κ2) is 6.60. The van der Waals surface area contributed by atoms with Gasteiger partial charge in [-0.15, -0.1) is 0 Å². The molecular weight excluding hydrogens is 367 g/mol. The molecule has 3 N–H and O–H groups in total. The zero-order valence-corrected chi connectivity index (χ0v) is 13.2. The number of benzene rings is 2. The van der Waals surface area contributed by atoms with E-state index in [9.17, 15) is 4.79 Å². The van der Waals surface area contributed by atoms with Crippen LogP contribution in [0, 0.1) is 3.57 Å². The number of anilines is 2. The number of hydrogen-bond donors (Lipinski definition) is 2. The number of amides is 1. The molecule has 5 heteroatoms. The second-order valence-corrected chi connectivity index (χ2v) is 5.28. The fourth-order valence-corrected chi connectivity index (χ4v) is 2.38. The predicted molar refractivity (Wildman–Crippen MR) is 89.1 cm³/mol. The molecule has 20 heavy (non-hydrogen) atoms. The first-order chi connectivity index (χ1) is 9.61. The third kappa shape index (κ3) is 3.41. The fourth-order valence-electron chi connectivity index (χ4n) is 1.75. The maximum atomic E-state index is 12.2. The van der Waals surface area contributed by atoms with Gasteiger partial charge in [-0.25, -0.2) is 0 Å². The minimum Gasteiger partial charge on any atom is -0.494 e. The summed E-state index contributed by atoms with van der Waals surface area (Å²) < 4.78 is 6.25. The van der Waals surface area contributed by atoms with Crippen LogP contribution < -0.4 is 15.8 Å². The lowest BCUT2D eigenvalue weighted by Gasteiger charge is -2.11. The van der Waals surface area contributed by atoms with Gasteiger partial charge in [0.2, 0.25) is 0 Å². The van der Waals surface area contributed by atoms with Crippen molar-refractivity contribution in [3.8, 4) is 5.75 Å². The summed E-state index contributed by atoms with van der Waals surface area (Å²) >= 11 is 2.13. The van der Waals surface area contributed by atoms with E-state index in [0.717, 1.165) is 3.57 Å². The monoisotopic (exact) mass is 382 g/mol. The van der Waals surface area contributed by atoms with Crippen molar-refractivity contribution in [2.45, 2.75) is 6.92 Å². The minimum absolute atomic E-state index is 0.175. The van der Waals surface area contributed by atoms with Crippen molar-refractivity contribution in [3.63, 3.8) is 0 Å². The third-order valence-corrected chi connectivity index (χ3v) is 3.64. The van der Waals surface area contributed by atoms with Crippen molar-refractivity contribution < 1.29 is 9.53 Å². The zero-order valence-electron chi connectivity index (χ0n) is 11.0. The Morgan fingerprint density at radius 1 is 1.30 bits per heavy atom. The van der Waals surface area contributed by atoms with Crippen LogP contribution in [-0.2, 0) is 0 Å². The first-order valence-corrected chi connectivity index (χ1v) is 7.28. The van der Waals surface area contributed by atoms with Crippen molar-refractivity contribution >= 4 is 39.9 Å². The fraction of sp³-hybridized carbons (Fsp3) is 0.133. The van der Waals surface area contributed by atoms with Crippen LogP contribution in [0.3, 0.4) is 0 Å². The van der Waals surface area contributed by atoms with Crippen molar-refractivity contribution in [1.29, 1.82) is 0 Å². The molecule has 0 aromatic heterocycles. The number of ether oxygens (including phenoxy) is 1. The smallest absolute Gasteiger partial charge is 0.256 e. The molecule has 1 amide bonds. The first-order valence-electron chi connectivity index (χ1n) is 6.20. The summed E-state index contributed by atoms with van der Waals surface area (Å²) in [6.45, 7) is 2.48. The topological polar surface area (TPSA) is 64.3 Å². The van der Waals surface area contributed by atoms with Gasteiger partial charge in [0.15, 0.2) is 0 Å². The Balaban J connectivity index is 2.18. The highest BCUT2D eigenvalue weighted by Crippen LogP contribution is 2.25. The Kier molecular flexibility index (Phi) is 4.84. The Bertz CT molecular complexity index is 629. The van der Waals surface area contributed by atoms with Gasteiger partial charge in [-0.1, -0.05) is 12.1 Å². The van der Waals surface area contributed by atoms with Crippen LogP contribution in [-0.4, -0.2) is 12.5 Å². The van der Waals surface area contributed by atoms with E-state index >= 15 is 0 Å². The number of rotatable bonds is 4. The molecule has 0 atom stereocenters. The summed E-state index contributed by atoms with van der Waals surface area (Å²) in [5, 5.41) is 2.81. The third-order valence-electron chi connectivity index (χ3n) is 2.70. The van der Waals surface area contributed by atoms with Crippen LogP contribution in [0.2, 0.25) is 0 Å². The van der Waals surface area contributed by atoms with Crippen molar-refractivity contribution in [2.75, 3.05) is 17.7 Å². The standard InChI is InChI=1S/C15H15IN2O2/c1-2-20-10-7-8-14(13(17)9-10)18-15(19)11-5-3-4-6-12(11)16/h3-9H,2,17H2,1H3,(H,18,19). The summed E-state index contributed by atoms with van der Waals surface area (Å²) in [4.78, 5) is 12.2. The minimum atomic E-state index is -0.175. The summed E-state index contributed by atoms with van der Waals surface area (Å²) in [6, 6.07) is 12.6. The average Bonchev–Trinajstić information content (AvgIpc) is 2.42. The van der Waals surface area contributed by atoms with Crippen molar-refractivity contribution in [1.82, 2.24) is 0 Å². The Labute approximate surface area is 131 Å². The molecular formula is C15H15IN2O2. The highest BCUT2D eigenvalue weighted by molar-refractivity contribution is 14.1. The molecule has 0 aliphatic rings. The number of halogens is 1. The van der Waals surface area contributed by atoms with Gasteiger partial charge >= 0.3 is 0 Å².